The summed E-state index contributed by atoms with van der Waals surface area (Å²) in [6, 6.07) is 6.20. The number of hydrogen-bond acceptors (Lipinski definition) is 1. The molecule has 0 bridgehead atoms. The molecule has 0 fully saturated rings. The first-order valence-corrected chi connectivity index (χ1v) is 5.41. The van der Waals surface area contributed by atoms with E-state index < -0.39 is 0 Å². The van der Waals surface area contributed by atoms with E-state index in [1.54, 1.807) is 0 Å². The molecule has 76 valence electrons. The Morgan fingerprint density at radius 2 is 1.79 bits per heavy atom. The second-order valence-electron chi connectivity index (χ2n) is 3.01. The summed E-state index contributed by atoms with van der Waals surface area (Å²) in [7, 11) is 0. The number of rotatable bonds is 0. The highest BCUT2D eigenvalue weighted by Crippen LogP contribution is 2.24. The van der Waals surface area contributed by atoms with Gasteiger partial charge < -0.3 is 4.40 Å². The summed E-state index contributed by atoms with van der Waals surface area (Å²) < 4.78 is 2.16. The first-order valence-electron chi connectivity index (χ1n) is 4.97. The van der Waals surface area contributed by atoms with Gasteiger partial charge in [-0.1, -0.05) is 19.9 Å². The van der Waals surface area contributed by atoms with Gasteiger partial charge in [0, 0.05) is 22.3 Å². The van der Waals surface area contributed by atoms with Gasteiger partial charge in [-0.15, -0.1) is 12.6 Å². The summed E-state index contributed by atoms with van der Waals surface area (Å²) in [5.74, 6) is 0. The van der Waals surface area contributed by atoms with E-state index in [0.717, 1.165) is 4.90 Å². The molecule has 0 atom stereocenters. The first kappa shape index (κ1) is 11.2. The molecular weight excluding hydrogens is 190 g/mol. The molecule has 0 amide bonds. The number of thiol groups is 1. The monoisotopic (exact) mass is 207 g/mol. The standard InChI is InChI=1S/C10H11NS.C2H6/c1-7-9-5-3-4-6-11(9)8(2)10(7)12;1-2/h3-6,12H,1-2H3;1-2H3. The van der Waals surface area contributed by atoms with Crippen molar-refractivity contribution in [3.05, 3.63) is 35.7 Å². The van der Waals surface area contributed by atoms with Crippen molar-refractivity contribution in [3.8, 4) is 0 Å². The van der Waals surface area contributed by atoms with E-state index in [1.807, 2.05) is 19.9 Å². The molecule has 2 aromatic heterocycles. The molecule has 0 aliphatic carbocycles. The minimum atomic E-state index is 1.10. The van der Waals surface area contributed by atoms with Gasteiger partial charge in [0.25, 0.3) is 0 Å². The molecule has 0 saturated heterocycles. The van der Waals surface area contributed by atoms with Crippen molar-refractivity contribution < 1.29 is 0 Å². The van der Waals surface area contributed by atoms with Crippen LogP contribution in [-0.4, -0.2) is 4.40 Å². The fraction of sp³-hybridized carbons (Fsp3) is 0.333. The molecule has 0 aliphatic rings. The lowest BCUT2D eigenvalue weighted by Crippen LogP contribution is -1.84. The minimum Gasteiger partial charge on any atom is -0.320 e. The molecule has 0 saturated carbocycles. The van der Waals surface area contributed by atoms with Crippen molar-refractivity contribution in [1.29, 1.82) is 0 Å². The first-order chi connectivity index (χ1) is 6.72. The smallest absolute Gasteiger partial charge is 0.0493 e. The third-order valence-corrected chi connectivity index (χ3v) is 2.96. The van der Waals surface area contributed by atoms with Crippen LogP contribution in [-0.2, 0) is 0 Å². The number of aromatic nitrogens is 1. The Hall–Kier alpha value is -0.890. The highest BCUT2D eigenvalue weighted by molar-refractivity contribution is 7.80. The van der Waals surface area contributed by atoms with E-state index in [4.69, 9.17) is 0 Å². The zero-order valence-electron chi connectivity index (χ0n) is 9.20. The van der Waals surface area contributed by atoms with Gasteiger partial charge in [-0.25, -0.2) is 0 Å². The van der Waals surface area contributed by atoms with Crippen molar-refractivity contribution in [3.63, 3.8) is 0 Å². The van der Waals surface area contributed by atoms with Gasteiger partial charge in [0.15, 0.2) is 0 Å². The Balaban J connectivity index is 0.000000461. The van der Waals surface area contributed by atoms with Gasteiger partial charge in [-0.3, -0.25) is 0 Å². The molecule has 0 unspecified atom stereocenters. The van der Waals surface area contributed by atoms with Crippen LogP contribution in [0.25, 0.3) is 5.52 Å². The lowest BCUT2D eigenvalue weighted by atomic mass is 10.3. The van der Waals surface area contributed by atoms with Crippen LogP contribution in [0.4, 0.5) is 0 Å². The summed E-state index contributed by atoms with van der Waals surface area (Å²) in [6.45, 7) is 8.19. The average Bonchev–Trinajstić information content (AvgIpc) is 2.48. The van der Waals surface area contributed by atoms with Crippen LogP contribution in [0, 0.1) is 13.8 Å². The number of pyridine rings is 1. The normalized spacial score (nSPS) is 9.79. The molecule has 2 aromatic rings. The molecule has 14 heavy (non-hydrogen) atoms. The van der Waals surface area contributed by atoms with Crippen LogP contribution < -0.4 is 0 Å². The lowest BCUT2D eigenvalue weighted by Gasteiger charge is -1.95. The molecule has 0 N–H and O–H groups in total. The molecule has 0 spiro atoms. The predicted molar refractivity (Wildman–Crippen MR) is 65.5 cm³/mol. The Bertz CT molecular complexity index is 390. The third-order valence-electron chi connectivity index (χ3n) is 2.30. The molecule has 0 radical (unpaired) electrons. The second-order valence-corrected chi connectivity index (χ2v) is 3.46. The number of aryl methyl sites for hydroxylation is 2. The van der Waals surface area contributed by atoms with Gasteiger partial charge in [0.05, 0.1) is 0 Å². The van der Waals surface area contributed by atoms with Gasteiger partial charge in [-0.05, 0) is 31.5 Å². The fourth-order valence-corrected chi connectivity index (χ4v) is 1.77. The van der Waals surface area contributed by atoms with Crippen LogP contribution in [0.2, 0.25) is 0 Å². The van der Waals surface area contributed by atoms with Crippen molar-refractivity contribution in [1.82, 2.24) is 4.40 Å². The molecule has 2 heterocycles. The summed E-state index contributed by atoms with van der Waals surface area (Å²) in [6.07, 6.45) is 2.07. The van der Waals surface area contributed by atoms with Crippen molar-refractivity contribution in [2.75, 3.05) is 0 Å². The van der Waals surface area contributed by atoms with E-state index in [2.05, 4.69) is 49.2 Å². The van der Waals surface area contributed by atoms with E-state index in [0.29, 0.717) is 0 Å². The highest BCUT2D eigenvalue weighted by Gasteiger charge is 2.06. The molecule has 2 heteroatoms. The van der Waals surface area contributed by atoms with Crippen LogP contribution in [0.3, 0.4) is 0 Å². The number of hydrogen-bond donors (Lipinski definition) is 1. The van der Waals surface area contributed by atoms with Gasteiger partial charge >= 0.3 is 0 Å². The van der Waals surface area contributed by atoms with E-state index in [-0.39, 0.29) is 0 Å². The topological polar surface area (TPSA) is 4.41 Å². The van der Waals surface area contributed by atoms with Crippen LogP contribution in [0.15, 0.2) is 29.3 Å². The molecular formula is C12H17NS. The Kier molecular flexibility index (Phi) is 3.64. The van der Waals surface area contributed by atoms with Gasteiger partial charge in [-0.2, -0.15) is 0 Å². The largest absolute Gasteiger partial charge is 0.320 e. The van der Waals surface area contributed by atoms with Crippen molar-refractivity contribution in [2.45, 2.75) is 32.6 Å². The third kappa shape index (κ3) is 1.67. The highest BCUT2D eigenvalue weighted by atomic mass is 32.1. The molecule has 0 aliphatic heterocycles. The zero-order chi connectivity index (χ0) is 10.7. The zero-order valence-corrected chi connectivity index (χ0v) is 10.1. The maximum Gasteiger partial charge on any atom is 0.0493 e. The SMILES string of the molecule is CC.Cc1c(S)c(C)n2ccccc12. The summed E-state index contributed by atoms with van der Waals surface area (Å²) >= 11 is 4.45. The van der Waals surface area contributed by atoms with Gasteiger partial charge in [0.1, 0.15) is 0 Å². The quantitative estimate of drug-likeness (QED) is 0.625. The number of nitrogens with zero attached hydrogens (tertiary/aromatic N) is 1. The van der Waals surface area contributed by atoms with Crippen LogP contribution in [0.5, 0.6) is 0 Å². The summed E-state index contributed by atoms with van der Waals surface area (Å²) in [5, 5.41) is 0. The Morgan fingerprint density at radius 1 is 1.14 bits per heavy atom. The van der Waals surface area contributed by atoms with E-state index in [1.165, 1.54) is 16.8 Å². The van der Waals surface area contributed by atoms with Crippen LogP contribution >= 0.6 is 12.6 Å². The summed E-state index contributed by atoms with van der Waals surface area (Å²) in [5.41, 5.74) is 3.72. The average molecular weight is 207 g/mol. The van der Waals surface area contributed by atoms with Crippen molar-refractivity contribution >= 4 is 18.1 Å². The molecule has 2 rings (SSSR count). The van der Waals surface area contributed by atoms with E-state index >= 15 is 0 Å². The predicted octanol–water partition coefficient (Wildman–Crippen LogP) is 3.87. The summed E-state index contributed by atoms with van der Waals surface area (Å²) in [4.78, 5) is 1.10. The lowest BCUT2D eigenvalue weighted by molar-refractivity contribution is 1.08. The fourth-order valence-electron chi connectivity index (χ4n) is 1.55. The van der Waals surface area contributed by atoms with Crippen molar-refractivity contribution in [2.24, 2.45) is 0 Å². The minimum absolute atomic E-state index is 1.10. The number of fused-ring (bicyclic) bond motifs is 1. The molecule has 0 aromatic carbocycles. The van der Waals surface area contributed by atoms with E-state index in [9.17, 15) is 0 Å². The maximum atomic E-state index is 4.45. The van der Waals surface area contributed by atoms with Gasteiger partial charge in [0.2, 0.25) is 0 Å². The molecule has 1 nitrogen and oxygen atoms in total. The maximum absolute atomic E-state index is 4.45. The Labute approximate surface area is 91.2 Å². The second kappa shape index (κ2) is 4.56. The van der Waals surface area contributed by atoms with Crippen LogP contribution in [0.1, 0.15) is 25.1 Å². The Morgan fingerprint density at radius 3 is 2.36 bits per heavy atom.